The predicted octanol–water partition coefficient (Wildman–Crippen LogP) is 4.01. The maximum absolute atomic E-state index is 13.0. The van der Waals surface area contributed by atoms with E-state index in [9.17, 15) is 9.59 Å². The SMILES string of the molecule is CC(=O)c1ccc(N(C)C(=C2C(=O)Nc3ccc(N)cc32)c2ccccc2)c(N)c1. The summed E-state index contributed by atoms with van der Waals surface area (Å²) in [5.41, 5.74) is 18.1. The summed E-state index contributed by atoms with van der Waals surface area (Å²) in [6.07, 6.45) is 0. The summed E-state index contributed by atoms with van der Waals surface area (Å²) in [7, 11) is 1.85. The zero-order chi connectivity index (χ0) is 21.4. The van der Waals surface area contributed by atoms with E-state index in [1.165, 1.54) is 6.92 Å². The largest absolute Gasteiger partial charge is 0.399 e. The van der Waals surface area contributed by atoms with Gasteiger partial charge in [0.1, 0.15) is 0 Å². The van der Waals surface area contributed by atoms with E-state index < -0.39 is 0 Å². The van der Waals surface area contributed by atoms with Crippen molar-refractivity contribution in [2.75, 3.05) is 28.7 Å². The van der Waals surface area contributed by atoms with Crippen LogP contribution in [-0.2, 0) is 4.79 Å². The summed E-state index contributed by atoms with van der Waals surface area (Å²) in [4.78, 5) is 26.6. The standard InChI is InChI=1S/C24H22N4O2/c1-14(29)16-8-11-21(19(26)12-16)28(2)23(15-6-4-3-5-7-15)22-18-13-17(25)9-10-20(18)27-24(22)30/h3-13H,25-26H2,1-2H3,(H,27,30). The van der Waals surface area contributed by atoms with Gasteiger partial charge in [0.05, 0.1) is 22.6 Å². The second-order valence-corrected chi connectivity index (χ2v) is 7.24. The van der Waals surface area contributed by atoms with E-state index in [4.69, 9.17) is 11.5 Å². The highest BCUT2D eigenvalue weighted by Crippen LogP contribution is 2.41. The second-order valence-electron chi connectivity index (χ2n) is 7.24. The molecule has 5 N–H and O–H groups in total. The van der Waals surface area contributed by atoms with Gasteiger partial charge in [0.25, 0.3) is 5.91 Å². The molecule has 3 aromatic rings. The average Bonchev–Trinajstić information content (AvgIpc) is 3.04. The molecule has 30 heavy (non-hydrogen) atoms. The molecule has 0 aliphatic carbocycles. The molecular formula is C24H22N4O2. The number of carbonyl (C=O) groups excluding carboxylic acids is 2. The van der Waals surface area contributed by atoms with Gasteiger partial charge in [-0.25, -0.2) is 0 Å². The first kappa shape index (κ1) is 19.3. The van der Waals surface area contributed by atoms with Crippen LogP contribution < -0.4 is 21.7 Å². The fourth-order valence-electron chi connectivity index (χ4n) is 3.72. The molecule has 6 heteroatoms. The van der Waals surface area contributed by atoms with Crippen molar-refractivity contribution in [2.45, 2.75) is 6.92 Å². The normalized spacial score (nSPS) is 14.1. The number of nitrogens with zero attached hydrogens (tertiary/aromatic N) is 1. The van der Waals surface area contributed by atoms with Crippen molar-refractivity contribution >= 4 is 45.7 Å². The van der Waals surface area contributed by atoms with Crippen molar-refractivity contribution in [3.63, 3.8) is 0 Å². The molecule has 150 valence electrons. The van der Waals surface area contributed by atoms with Gasteiger partial charge in [0.2, 0.25) is 0 Å². The fraction of sp³-hybridized carbons (Fsp3) is 0.0833. The summed E-state index contributed by atoms with van der Waals surface area (Å²) in [6, 6.07) is 20.2. The number of amides is 1. The summed E-state index contributed by atoms with van der Waals surface area (Å²) in [6.45, 7) is 1.50. The molecule has 0 bridgehead atoms. The van der Waals surface area contributed by atoms with Crippen LogP contribution in [0.1, 0.15) is 28.4 Å². The van der Waals surface area contributed by atoms with Gasteiger partial charge >= 0.3 is 0 Å². The molecule has 1 aliphatic heterocycles. The van der Waals surface area contributed by atoms with Crippen molar-refractivity contribution in [3.05, 3.63) is 83.4 Å². The quantitative estimate of drug-likeness (QED) is 0.350. The van der Waals surface area contributed by atoms with E-state index >= 15 is 0 Å². The topological polar surface area (TPSA) is 101 Å². The minimum atomic E-state index is -0.208. The van der Waals surface area contributed by atoms with Crippen LogP contribution in [-0.4, -0.2) is 18.7 Å². The molecule has 3 aromatic carbocycles. The van der Waals surface area contributed by atoms with Gasteiger partial charge in [0, 0.05) is 29.5 Å². The lowest BCUT2D eigenvalue weighted by molar-refractivity contribution is -0.110. The predicted molar refractivity (Wildman–Crippen MR) is 122 cm³/mol. The number of nitrogen functional groups attached to an aromatic ring is 2. The molecule has 4 rings (SSSR count). The number of Topliss-reactive ketones (excluding diaryl/α,β-unsaturated/α-hetero) is 1. The van der Waals surface area contributed by atoms with Gasteiger partial charge in [-0.3, -0.25) is 9.59 Å². The number of ketones is 1. The third-order valence-electron chi connectivity index (χ3n) is 5.20. The zero-order valence-corrected chi connectivity index (χ0v) is 16.8. The first-order valence-corrected chi connectivity index (χ1v) is 9.52. The van der Waals surface area contributed by atoms with E-state index in [-0.39, 0.29) is 11.7 Å². The number of nitrogens with one attached hydrogen (secondary N) is 1. The number of rotatable bonds is 4. The van der Waals surface area contributed by atoms with Crippen molar-refractivity contribution < 1.29 is 9.59 Å². The van der Waals surface area contributed by atoms with Crippen LogP contribution >= 0.6 is 0 Å². The molecule has 1 amide bonds. The van der Waals surface area contributed by atoms with Crippen LogP contribution in [0.25, 0.3) is 11.3 Å². The average molecular weight is 398 g/mol. The Morgan fingerprint density at radius 3 is 2.33 bits per heavy atom. The highest BCUT2D eigenvalue weighted by atomic mass is 16.2. The Morgan fingerprint density at radius 1 is 0.933 bits per heavy atom. The Bertz CT molecular complexity index is 1200. The van der Waals surface area contributed by atoms with E-state index in [1.807, 2.05) is 42.3 Å². The van der Waals surface area contributed by atoms with Gasteiger partial charge in [-0.05, 0) is 48.9 Å². The first-order chi connectivity index (χ1) is 14.4. The van der Waals surface area contributed by atoms with Crippen LogP contribution in [0.3, 0.4) is 0 Å². The lowest BCUT2D eigenvalue weighted by Gasteiger charge is -2.26. The van der Waals surface area contributed by atoms with Gasteiger partial charge in [-0.2, -0.15) is 0 Å². The van der Waals surface area contributed by atoms with E-state index in [0.29, 0.717) is 39.6 Å². The maximum Gasteiger partial charge on any atom is 0.258 e. The Morgan fingerprint density at radius 2 is 1.67 bits per heavy atom. The van der Waals surface area contributed by atoms with Crippen LogP contribution in [0.15, 0.2) is 66.7 Å². The third-order valence-corrected chi connectivity index (χ3v) is 5.20. The molecule has 0 spiro atoms. The van der Waals surface area contributed by atoms with Crippen molar-refractivity contribution in [1.29, 1.82) is 0 Å². The molecule has 0 aromatic heterocycles. The van der Waals surface area contributed by atoms with Crippen molar-refractivity contribution in [2.24, 2.45) is 0 Å². The number of hydrogen-bond acceptors (Lipinski definition) is 5. The van der Waals surface area contributed by atoms with E-state index in [2.05, 4.69) is 5.32 Å². The number of fused-ring (bicyclic) bond motifs is 1. The third kappa shape index (κ3) is 3.28. The molecule has 0 atom stereocenters. The van der Waals surface area contributed by atoms with Gasteiger partial charge < -0.3 is 21.7 Å². The Labute approximate surface area is 174 Å². The first-order valence-electron chi connectivity index (χ1n) is 9.52. The molecule has 0 saturated carbocycles. The van der Waals surface area contributed by atoms with Crippen LogP contribution in [0.2, 0.25) is 0 Å². The van der Waals surface area contributed by atoms with Crippen molar-refractivity contribution in [1.82, 2.24) is 0 Å². The van der Waals surface area contributed by atoms with E-state index in [0.717, 1.165) is 11.1 Å². The molecule has 6 nitrogen and oxygen atoms in total. The molecule has 0 unspecified atom stereocenters. The van der Waals surface area contributed by atoms with Crippen LogP contribution in [0.4, 0.5) is 22.7 Å². The number of hydrogen-bond donors (Lipinski definition) is 3. The molecule has 1 aliphatic rings. The summed E-state index contributed by atoms with van der Waals surface area (Å²) in [5, 5.41) is 2.91. The lowest BCUT2D eigenvalue weighted by atomic mass is 9.98. The second kappa shape index (κ2) is 7.40. The highest BCUT2D eigenvalue weighted by molar-refractivity contribution is 6.37. The van der Waals surface area contributed by atoms with Crippen LogP contribution in [0, 0.1) is 0 Å². The number of anilines is 4. The highest BCUT2D eigenvalue weighted by Gasteiger charge is 2.30. The summed E-state index contributed by atoms with van der Waals surface area (Å²) < 4.78 is 0. The molecular weight excluding hydrogens is 376 g/mol. The smallest absolute Gasteiger partial charge is 0.258 e. The zero-order valence-electron chi connectivity index (χ0n) is 16.8. The molecule has 1 heterocycles. The number of nitrogens with two attached hydrogens (primary N) is 2. The molecule has 0 radical (unpaired) electrons. The van der Waals surface area contributed by atoms with Crippen molar-refractivity contribution in [3.8, 4) is 0 Å². The maximum atomic E-state index is 13.0. The Balaban J connectivity index is 1.96. The Hall–Kier alpha value is -4.06. The Kier molecular flexibility index (Phi) is 4.75. The number of benzene rings is 3. The lowest BCUT2D eigenvalue weighted by Crippen LogP contribution is -2.21. The van der Waals surface area contributed by atoms with Gasteiger partial charge in [-0.15, -0.1) is 0 Å². The molecule has 0 saturated heterocycles. The van der Waals surface area contributed by atoms with Gasteiger partial charge in [-0.1, -0.05) is 30.3 Å². The fourth-order valence-corrected chi connectivity index (χ4v) is 3.72. The minimum absolute atomic E-state index is 0.0582. The van der Waals surface area contributed by atoms with E-state index in [1.54, 1.807) is 36.4 Å². The molecule has 0 fully saturated rings. The summed E-state index contributed by atoms with van der Waals surface area (Å²) >= 11 is 0. The minimum Gasteiger partial charge on any atom is -0.399 e. The van der Waals surface area contributed by atoms with Crippen LogP contribution in [0.5, 0.6) is 0 Å². The number of carbonyl (C=O) groups is 2. The van der Waals surface area contributed by atoms with Gasteiger partial charge in [0.15, 0.2) is 5.78 Å². The summed E-state index contributed by atoms with van der Waals surface area (Å²) in [5.74, 6) is -0.266. The monoisotopic (exact) mass is 398 g/mol.